The summed E-state index contributed by atoms with van der Waals surface area (Å²) in [5.41, 5.74) is 1.32. The SMILES string of the molecule is CC(C)c1cc(C2CCN(C(=O)CC3(C)C(=O)N=C4C=CC=CN43)CC2)[nH]n1. The van der Waals surface area contributed by atoms with Crippen LogP contribution in [-0.4, -0.2) is 56.3 Å². The van der Waals surface area contributed by atoms with E-state index in [1.165, 1.54) is 0 Å². The lowest BCUT2D eigenvalue weighted by molar-refractivity contribution is -0.138. The van der Waals surface area contributed by atoms with Crippen LogP contribution in [0.15, 0.2) is 35.5 Å². The van der Waals surface area contributed by atoms with E-state index in [-0.39, 0.29) is 18.2 Å². The molecule has 0 bridgehead atoms. The van der Waals surface area contributed by atoms with E-state index in [4.69, 9.17) is 0 Å². The Labute approximate surface area is 165 Å². The van der Waals surface area contributed by atoms with Crippen molar-refractivity contribution in [2.24, 2.45) is 4.99 Å². The normalized spacial score (nSPS) is 24.9. The van der Waals surface area contributed by atoms with Crippen molar-refractivity contribution in [2.75, 3.05) is 13.1 Å². The van der Waals surface area contributed by atoms with Gasteiger partial charge in [0.05, 0.1) is 12.1 Å². The minimum atomic E-state index is -0.930. The summed E-state index contributed by atoms with van der Waals surface area (Å²) in [6, 6.07) is 2.15. The van der Waals surface area contributed by atoms with Gasteiger partial charge in [0.2, 0.25) is 5.91 Å². The Morgan fingerprint density at radius 2 is 2.07 bits per heavy atom. The van der Waals surface area contributed by atoms with Crippen LogP contribution in [0.5, 0.6) is 0 Å². The van der Waals surface area contributed by atoms with Crippen molar-refractivity contribution < 1.29 is 9.59 Å². The van der Waals surface area contributed by atoms with Gasteiger partial charge in [-0.15, -0.1) is 0 Å². The van der Waals surface area contributed by atoms with Crippen LogP contribution >= 0.6 is 0 Å². The smallest absolute Gasteiger partial charge is 0.274 e. The van der Waals surface area contributed by atoms with Gasteiger partial charge in [-0.3, -0.25) is 14.7 Å². The van der Waals surface area contributed by atoms with Crippen molar-refractivity contribution in [1.82, 2.24) is 20.0 Å². The molecule has 1 aromatic rings. The van der Waals surface area contributed by atoms with Gasteiger partial charge in [0, 0.05) is 30.9 Å². The summed E-state index contributed by atoms with van der Waals surface area (Å²) >= 11 is 0. The molecule has 0 radical (unpaired) electrons. The molecule has 2 amide bonds. The Hall–Kier alpha value is -2.70. The van der Waals surface area contributed by atoms with Gasteiger partial charge in [0.1, 0.15) is 11.4 Å². The molecule has 7 nitrogen and oxygen atoms in total. The largest absolute Gasteiger partial charge is 0.343 e. The number of piperidine rings is 1. The van der Waals surface area contributed by atoms with Crippen LogP contribution in [0.1, 0.15) is 63.3 Å². The Morgan fingerprint density at radius 3 is 2.75 bits per heavy atom. The Bertz CT molecular complexity index is 873. The number of allylic oxidation sites excluding steroid dienone is 2. The van der Waals surface area contributed by atoms with Gasteiger partial charge >= 0.3 is 0 Å². The number of nitrogens with one attached hydrogen (secondary N) is 1. The number of aliphatic imine (C=N–C) groups is 1. The van der Waals surface area contributed by atoms with Gasteiger partial charge in [0.15, 0.2) is 0 Å². The van der Waals surface area contributed by atoms with Crippen molar-refractivity contribution in [1.29, 1.82) is 0 Å². The number of amides is 2. The van der Waals surface area contributed by atoms with Crippen molar-refractivity contribution >= 4 is 17.6 Å². The molecule has 4 rings (SSSR count). The number of H-pyrrole nitrogens is 1. The number of hydrogen-bond acceptors (Lipinski definition) is 4. The number of amidine groups is 1. The monoisotopic (exact) mass is 381 g/mol. The van der Waals surface area contributed by atoms with Crippen LogP contribution in [0.2, 0.25) is 0 Å². The number of carbonyl (C=O) groups excluding carboxylic acids is 2. The number of fused-ring (bicyclic) bond motifs is 1. The molecule has 0 aromatic carbocycles. The molecule has 4 heterocycles. The summed E-state index contributed by atoms with van der Waals surface area (Å²) in [4.78, 5) is 33.3. The van der Waals surface area contributed by atoms with E-state index in [2.05, 4.69) is 35.1 Å². The molecule has 3 aliphatic rings. The van der Waals surface area contributed by atoms with Crippen molar-refractivity contribution in [3.8, 4) is 0 Å². The number of hydrogen-bond donors (Lipinski definition) is 1. The second-order valence-corrected chi connectivity index (χ2v) is 8.35. The van der Waals surface area contributed by atoms with E-state index < -0.39 is 5.54 Å². The molecular weight excluding hydrogens is 354 g/mol. The first-order valence-corrected chi connectivity index (χ1v) is 9.99. The molecule has 0 aliphatic carbocycles. The zero-order chi connectivity index (χ0) is 19.9. The average Bonchev–Trinajstić information content (AvgIpc) is 3.27. The molecule has 1 aromatic heterocycles. The van der Waals surface area contributed by atoms with E-state index in [0.717, 1.165) is 24.2 Å². The number of aromatic nitrogens is 2. The van der Waals surface area contributed by atoms with E-state index >= 15 is 0 Å². The fraction of sp³-hybridized carbons (Fsp3) is 0.524. The van der Waals surface area contributed by atoms with Crippen molar-refractivity contribution in [2.45, 2.75) is 57.4 Å². The van der Waals surface area contributed by atoms with Crippen LogP contribution in [-0.2, 0) is 9.59 Å². The molecule has 1 N–H and O–H groups in total. The van der Waals surface area contributed by atoms with Gasteiger partial charge in [0.25, 0.3) is 5.91 Å². The maximum atomic E-state index is 12.9. The van der Waals surface area contributed by atoms with E-state index in [0.29, 0.717) is 30.8 Å². The van der Waals surface area contributed by atoms with Crippen LogP contribution in [0.25, 0.3) is 0 Å². The summed E-state index contributed by atoms with van der Waals surface area (Å²) in [5.74, 6) is 1.18. The first-order chi connectivity index (χ1) is 13.4. The van der Waals surface area contributed by atoms with Crippen LogP contribution < -0.4 is 0 Å². The summed E-state index contributed by atoms with van der Waals surface area (Å²) < 4.78 is 0. The van der Waals surface area contributed by atoms with Crippen LogP contribution in [0.3, 0.4) is 0 Å². The number of rotatable bonds is 4. The lowest BCUT2D eigenvalue weighted by Gasteiger charge is -2.36. The molecule has 0 spiro atoms. The molecular formula is C21H27N5O2. The highest BCUT2D eigenvalue weighted by Crippen LogP contribution is 2.33. The molecule has 1 atom stereocenters. The van der Waals surface area contributed by atoms with E-state index in [1.54, 1.807) is 13.0 Å². The number of nitrogens with zero attached hydrogens (tertiary/aromatic N) is 4. The predicted molar refractivity (Wildman–Crippen MR) is 107 cm³/mol. The lowest BCUT2D eigenvalue weighted by Crippen LogP contribution is -2.51. The minimum Gasteiger partial charge on any atom is -0.343 e. The summed E-state index contributed by atoms with van der Waals surface area (Å²) in [7, 11) is 0. The molecule has 148 valence electrons. The third-order valence-corrected chi connectivity index (χ3v) is 6.04. The fourth-order valence-electron chi connectivity index (χ4n) is 4.13. The molecule has 7 heteroatoms. The lowest BCUT2D eigenvalue weighted by atomic mass is 9.91. The highest BCUT2D eigenvalue weighted by molar-refractivity contribution is 6.13. The first kappa shape index (κ1) is 18.7. The maximum Gasteiger partial charge on any atom is 0.274 e. The molecule has 0 saturated carbocycles. The highest BCUT2D eigenvalue weighted by Gasteiger charge is 2.47. The second kappa shape index (κ2) is 7.04. The number of carbonyl (C=O) groups is 2. The topological polar surface area (TPSA) is 81.7 Å². The second-order valence-electron chi connectivity index (χ2n) is 8.35. The zero-order valence-electron chi connectivity index (χ0n) is 16.7. The van der Waals surface area contributed by atoms with Gasteiger partial charge in [-0.05, 0) is 43.9 Å². The maximum absolute atomic E-state index is 12.9. The molecule has 1 fully saturated rings. The number of aromatic amines is 1. The quantitative estimate of drug-likeness (QED) is 0.869. The van der Waals surface area contributed by atoms with E-state index in [1.807, 2.05) is 28.2 Å². The Kier molecular flexibility index (Phi) is 4.69. The third-order valence-electron chi connectivity index (χ3n) is 6.04. The molecule has 3 aliphatic heterocycles. The first-order valence-electron chi connectivity index (χ1n) is 9.99. The highest BCUT2D eigenvalue weighted by atomic mass is 16.2. The van der Waals surface area contributed by atoms with E-state index in [9.17, 15) is 9.59 Å². The molecule has 28 heavy (non-hydrogen) atoms. The summed E-state index contributed by atoms with van der Waals surface area (Å²) in [6.07, 6.45) is 9.29. The average molecular weight is 381 g/mol. The molecule has 1 saturated heterocycles. The number of likely N-dealkylation sites (tertiary alicyclic amines) is 1. The zero-order valence-corrected chi connectivity index (χ0v) is 16.7. The van der Waals surface area contributed by atoms with Gasteiger partial charge in [-0.1, -0.05) is 19.9 Å². The van der Waals surface area contributed by atoms with Gasteiger partial charge in [-0.2, -0.15) is 10.1 Å². The molecule has 1 unspecified atom stereocenters. The Morgan fingerprint density at radius 1 is 1.32 bits per heavy atom. The summed E-state index contributed by atoms with van der Waals surface area (Å²) in [5, 5.41) is 7.56. The van der Waals surface area contributed by atoms with Gasteiger partial charge in [-0.25, -0.2) is 0 Å². The minimum absolute atomic E-state index is 0.0150. The fourth-order valence-corrected chi connectivity index (χ4v) is 4.13. The predicted octanol–water partition coefficient (Wildman–Crippen LogP) is 2.71. The van der Waals surface area contributed by atoms with Crippen molar-refractivity contribution in [3.63, 3.8) is 0 Å². The van der Waals surface area contributed by atoms with Crippen LogP contribution in [0, 0.1) is 0 Å². The van der Waals surface area contributed by atoms with Gasteiger partial charge < -0.3 is 9.80 Å². The Balaban J connectivity index is 1.37. The van der Waals surface area contributed by atoms with Crippen LogP contribution in [0.4, 0.5) is 0 Å². The third kappa shape index (κ3) is 3.19. The standard InChI is InChI=1S/C21H27N5O2/c1-14(2)16-12-17(24-23-16)15-7-10-25(11-8-15)19(27)13-21(3)20(28)22-18-6-4-5-9-26(18)21/h4-6,9,12,14-15H,7-8,10-11,13H2,1-3H3,(H,23,24). The summed E-state index contributed by atoms with van der Waals surface area (Å²) in [6.45, 7) is 7.47. The van der Waals surface area contributed by atoms with Crippen molar-refractivity contribution in [3.05, 3.63) is 41.9 Å².